The lowest BCUT2D eigenvalue weighted by atomic mass is 10.0. The van der Waals surface area contributed by atoms with Crippen molar-refractivity contribution >= 4 is 11.4 Å². The summed E-state index contributed by atoms with van der Waals surface area (Å²) < 4.78 is 0. The van der Waals surface area contributed by atoms with Gasteiger partial charge in [-0.15, -0.1) is 0 Å². The molecule has 0 fully saturated rings. The second-order valence-corrected chi connectivity index (χ2v) is 3.59. The molecule has 0 aromatic heterocycles. The molecule has 0 unspecified atom stereocenters. The van der Waals surface area contributed by atoms with Crippen molar-refractivity contribution in [3.8, 4) is 11.1 Å². The number of benzene rings is 2. The molecule has 2 heteroatoms. The van der Waals surface area contributed by atoms with Crippen molar-refractivity contribution < 1.29 is 0 Å². The van der Waals surface area contributed by atoms with E-state index in [4.69, 9.17) is 0 Å². The first-order valence-electron chi connectivity index (χ1n) is 5.40. The lowest BCUT2D eigenvalue weighted by Gasteiger charge is -2.14. The van der Waals surface area contributed by atoms with Gasteiger partial charge in [-0.1, -0.05) is 42.5 Å². The predicted octanol–water partition coefficient (Wildman–Crippen LogP) is 3.44. The summed E-state index contributed by atoms with van der Waals surface area (Å²) in [5.74, 6) is 0. The summed E-state index contributed by atoms with van der Waals surface area (Å²) in [5.41, 5.74) is 4.69. The molecule has 0 aliphatic carbocycles. The first-order valence-corrected chi connectivity index (χ1v) is 5.40. The van der Waals surface area contributed by atoms with E-state index in [2.05, 4.69) is 53.1 Å². The highest BCUT2D eigenvalue weighted by Gasteiger charge is 2.06. The van der Waals surface area contributed by atoms with E-state index in [1.54, 1.807) is 0 Å². The maximum atomic E-state index is 3.25. The van der Waals surface area contributed by atoms with Crippen molar-refractivity contribution in [3.05, 3.63) is 48.5 Å². The van der Waals surface area contributed by atoms with Gasteiger partial charge < -0.3 is 10.6 Å². The molecule has 16 heavy (non-hydrogen) atoms. The standard InChI is InChI=1S/C14H16N2/c1-15-13-10-6-9-12(14(13)16-2)11-7-4-3-5-8-11/h3-10,15-16H,1-2H3. The lowest BCUT2D eigenvalue weighted by molar-refractivity contribution is 1.45. The third-order valence-electron chi connectivity index (χ3n) is 2.67. The van der Waals surface area contributed by atoms with Gasteiger partial charge in [-0.3, -0.25) is 0 Å². The minimum atomic E-state index is 1.11. The van der Waals surface area contributed by atoms with Crippen molar-refractivity contribution in [2.45, 2.75) is 0 Å². The van der Waals surface area contributed by atoms with E-state index in [1.165, 1.54) is 11.1 Å². The van der Waals surface area contributed by atoms with Gasteiger partial charge in [0.15, 0.2) is 0 Å². The first kappa shape index (κ1) is 10.6. The first-order chi connectivity index (χ1) is 7.86. The molecule has 0 aliphatic rings. The molecule has 2 nitrogen and oxygen atoms in total. The SMILES string of the molecule is CNc1cccc(-c2ccccc2)c1NC. The Morgan fingerprint density at radius 1 is 0.750 bits per heavy atom. The van der Waals surface area contributed by atoms with Crippen LogP contribution in [0.5, 0.6) is 0 Å². The van der Waals surface area contributed by atoms with Gasteiger partial charge in [0.1, 0.15) is 0 Å². The molecular formula is C14H16N2. The van der Waals surface area contributed by atoms with Gasteiger partial charge >= 0.3 is 0 Å². The summed E-state index contributed by atoms with van der Waals surface area (Å²) in [6, 6.07) is 16.6. The number of anilines is 2. The smallest absolute Gasteiger partial charge is 0.0652 e. The van der Waals surface area contributed by atoms with E-state index in [1.807, 2.05) is 20.2 Å². The summed E-state index contributed by atoms with van der Waals surface area (Å²) >= 11 is 0. The molecule has 2 N–H and O–H groups in total. The zero-order valence-electron chi connectivity index (χ0n) is 9.62. The van der Waals surface area contributed by atoms with Crippen molar-refractivity contribution in [1.29, 1.82) is 0 Å². The summed E-state index contributed by atoms with van der Waals surface area (Å²) in [6.07, 6.45) is 0. The Balaban J connectivity index is 2.57. The van der Waals surface area contributed by atoms with E-state index in [0.717, 1.165) is 11.4 Å². The Morgan fingerprint density at radius 2 is 1.50 bits per heavy atom. The highest BCUT2D eigenvalue weighted by atomic mass is 14.9. The molecule has 82 valence electrons. The fourth-order valence-electron chi connectivity index (χ4n) is 1.89. The van der Waals surface area contributed by atoms with Gasteiger partial charge in [0.25, 0.3) is 0 Å². The van der Waals surface area contributed by atoms with Gasteiger partial charge in [-0.05, 0) is 11.6 Å². The molecule has 0 saturated heterocycles. The van der Waals surface area contributed by atoms with Gasteiger partial charge in [0.2, 0.25) is 0 Å². The Labute approximate surface area is 96.3 Å². The minimum absolute atomic E-state index is 1.11. The fourth-order valence-corrected chi connectivity index (χ4v) is 1.89. The summed E-state index contributed by atoms with van der Waals surface area (Å²) in [7, 11) is 3.88. The van der Waals surface area contributed by atoms with Crippen LogP contribution < -0.4 is 10.6 Å². The maximum Gasteiger partial charge on any atom is 0.0652 e. The van der Waals surface area contributed by atoms with Crippen LogP contribution in [0.2, 0.25) is 0 Å². The van der Waals surface area contributed by atoms with Crippen molar-refractivity contribution in [2.24, 2.45) is 0 Å². The zero-order valence-corrected chi connectivity index (χ0v) is 9.62. The van der Waals surface area contributed by atoms with E-state index in [9.17, 15) is 0 Å². The summed E-state index contributed by atoms with van der Waals surface area (Å²) in [4.78, 5) is 0. The molecular weight excluding hydrogens is 196 g/mol. The van der Waals surface area contributed by atoms with Crippen molar-refractivity contribution in [1.82, 2.24) is 0 Å². The van der Waals surface area contributed by atoms with Gasteiger partial charge in [-0.2, -0.15) is 0 Å². The minimum Gasteiger partial charge on any atom is -0.386 e. The summed E-state index contributed by atoms with van der Waals surface area (Å²) in [6.45, 7) is 0. The zero-order chi connectivity index (χ0) is 11.4. The van der Waals surface area contributed by atoms with Crippen LogP contribution in [0.3, 0.4) is 0 Å². The second-order valence-electron chi connectivity index (χ2n) is 3.59. The molecule has 0 radical (unpaired) electrons. The van der Waals surface area contributed by atoms with Gasteiger partial charge in [0, 0.05) is 19.7 Å². The van der Waals surface area contributed by atoms with E-state index < -0.39 is 0 Å². The molecule has 0 bridgehead atoms. The largest absolute Gasteiger partial charge is 0.386 e. The van der Waals surface area contributed by atoms with Crippen LogP contribution in [-0.2, 0) is 0 Å². The Morgan fingerprint density at radius 3 is 2.12 bits per heavy atom. The Bertz CT molecular complexity index is 463. The topological polar surface area (TPSA) is 24.1 Å². The molecule has 0 spiro atoms. The molecule has 2 aromatic rings. The van der Waals surface area contributed by atoms with Crippen LogP contribution in [0, 0.1) is 0 Å². The number of rotatable bonds is 3. The van der Waals surface area contributed by atoms with Gasteiger partial charge in [-0.25, -0.2) is 0 Å². The normalized spacial score (nSPS) is 9.88. The highest BCUT2D eigenvalue weighted by Crippen LogP contribution is 2.33. The third-order valence-corrected chi connectivity index (χ3v) is 2.67. The van der Waals surface area contributed by atoms with Crippen LogP contribution in [0.25, 0.3) is 11.1 Å². The van der Waals surface area contributed by atoms with Crippen LogP contribution in [0.1, 0.15) is 0 Å². The van der Waals surface area contributed by atoms with Crippen LogP contribution >= 0.6 is 0 Å². The Hall–Kier alpha value is -1.96. The van der Waals surface area contributed by atoms with E-state index in [-0.39, 0.29) is 0 Å². The van der Waals surface area contributed by atoms with Crippen molar-refractivity contribution in [3.63, 3.8) is 0 Å². The molecule has 0 aliphatic heterocycles. The van der Waals surface area contributed by atoms with Crippen LogP contribution in [-0.4, -0.2) is 14.1 Å². The molecule has 2 rings (SSSR count). The number of para-hydroxylation sites is 1. The van der Waals surface area contributed by atoms with Crippen molar-refractivity contribution in [2.75, 3.05) is 24.7 Å². The molecule has 0 heterocycles. The average molecular weight is 212 g/mol. The number of hydrogen-bond donors (Lipinski definition) is 2. The number of nitrogens with one attached hydrogen (secondary N) is 2. The lowest BCUT2D eigenvalue weighted by Crippen LogP contribution is -1.98. The molecule has 2 aromatic carbocycles. The third kappa shape index (κ3) is 1.87. The quantitative estimate of drug-likeness (QED) is 0.814. The molecule has 0 atom stereocenters. The van der Waals surface area contributed by atoms with Crippen LogP contribution in [0.15, 0.2) is 48.5 Å². The number of hydrogen-bond acceptors (Lipinski definition) is 2. The van der Waals surface area contributed by atoms with Gasteiger partial charge in [0.05, 0.1) is 11.4 Å². The highest BCUT2D eigenvalue weighted by molar-refractivity contribution is 5.86. The van der Waals surface area contributed by atoms with E-state index >= 15 is 0 Å². The second kappa shape index (κ2) is 4.71. The molecule has 0 saturated carbocycles. The predicted molar refractivity (Wildman–Crippen MR) is 71.0 cm³/mol. The average Bonchev–Trinajstić information content (AvgIpc) is 2.38. The molecule has 0 amide bonds. The van der Waals surface area contributed by atoms with E-state index in [0.29, 0.717) is 0 Å². The summed E-state index contributed by atoms with van der Waals surface area (Å²) in [5, 5.41) is 6.45. The maximum absolute atomic E-state index is 3.25. The van der Waals surface area contributed by atoms with Crippen LogP contribution in [0.4, 0.5) is 11.4 Å². The fraction of sp³-hybridized carbons (Fsp3) is 0.143. The Kier molecular flexibility index (Phi) is 3.10. The monoisotopic (exact) mass is 212 g/mol.